The van der Waals surface area contributed by atoms with Gasteiger partial charge in [-0.3, -0.25) is 9.78 Å². The number of hydrogen-bond donors (Lipinski definition) is 0. The van der Waals surface area contributed by atoms with Crippen molar-refractivity contribution in [3.8, 4) is 5.88 Å². The van der Waals surface area contributed by atoms with Crippen molar-refractivity contribution in [1.82, 2.24) is 19.9 Å². The Bertz CT molecular complexity index is 657. The molecule has 0 aromatic carbocycles. The normalized spacial score (nSPS) is 14.7. The van der Waals surface area contributed by atoms with Gasteiger partial charge in [0.2, 0.25) is 5.88 Å². The average Bonchev–Trinajstić information content (AvgIpc) is 2.63. The number of pyridine rings is 1. The van der Waals surface area contributed by atoms with Crippen LogP contribution in [0.5, 0.6) is 5.88 Å². The molecule has 0 N–H and O–H groups in total. The maximum absolute atomic E-state index is 12.7. The van der Waals surface area contributed by atoms with Gasteiger partial charge in [0.05, 0.1) is 12.8 Å². The zero-order chi connectivity index (χ0) is 16.1. The van der Waals surface area contributed by atoms with Crippen LogP contribution in [0.4, 0.5) is 5.82 Å². The third kappa shape index (κ3) is 3.39. The van der Waals surface area contributed by atoms with Crippen molar-refractivity contribution in [2.24, 2.45) is 0 Å². The van der Waals surface area contributed by atoms with E-state index in [1.807, 2.05) is 11.8 Å². The summed E-state index contributed by atoms with van der Waals surface area (Å²) >= 11 is 0. The SMILES string of the molecule is CCOc1ncccc1C(=O)N1CCN(c2cnccn2)CC1. The molecule has 0 aliphatic carbocycles. The minimum absolute atomic E-state index is 0.0413. The number of ether oxygens (including phenoxy) is 1. The van der Waals surface area contributed by atoms with E-state index in [0.717, 1.165) is 18.9 Å². The topological polar surface area (TPSA) is 71.5 Å². The third-order valence-electron chi connectivity index (χ3n) is 3.72. The summed E-state index contributed by atoms with van der Waals surface area (Å²) in [5, 5.41) is 0. The zero-order valence-electron chi connectivity index (χ0n) is 13.1. The van der Waals surface area contributed by atoms with E-state index in [1.165, 1.54) is 0 Å². The highest BCUT2D eigenvalue weighted by atomic mass is 16.5. The summed E-state index contributed by atoms with van der Waals surface area (Å²) in [6.07, 6.45) is 6.71. The molecule has 0 bridgehead atoms. The van der Waals surface area contributed by atoms with Crippen LogP contribution >= 0.6 is 0 Å². The average molecular weight is 313 g/mol. The summed E-state index contributed by atoms with van der Waals surface area (Å²) in [7, 11) is 0. The van der Waals surface area contributed by atoms with Gasteiger partial charge >= 0.3 is 0 Å². The van der Waals surface area contributed by atoms with Crippen molar-refractivity contribution in [2.75, 3.05) is 37.7 Å². The zero-order valence-corrected chi connectivity index (χ0v) is 13.1. The third-order valence-corrected chi connectivity index (χ3v) is 3.72. The van der Waals surface area contributed by atoms with Crippen molar-refractivity contribution < 1.29 is 9.53 Å². The maximum Gasteiger partial charge on any atom is 0.259 e. The molecule has 0 saturated carbocycles. The predicted molar refractivity (Wildman–Crippen MR) is 85.6 cm³/mol. The van der Waals surface area contributed by atoms with E-state index in [0.29, 0.717) is 31.1 Å². The van der Waals surface area contributed by atoms with Crippen molar-refractivity contribution in [1.29, 1.82) is 0 Å². The van der Waals surface area contributed by atoms with Crippen LogP contribution in [0.1, 0.15) is 17.3 Å². The fourth-order valence-corrected chi connectivity index (χ4v) is 2.57. The van der Waals surface area contributed by atoms with Gasteiger partial charge in [-0.25, -0.2) is 9.97 Å². The summed E-state index contributed by atoms with van der Waals surface area (Å²) in [5.41, 5.74) is 0.516. The Morgan fingerprint density at radius 2 is 2.00 bits per heavy atom. The number of hydrogen-bond acceptors (Lipinski definition) is 6. The summed E-state index contributed by atoms with van der Waals surface area (Å²) in [4.78, 5) is 29.2. The van der Waals surface area contributed by atoms with Crippen LogP contribution < -0.4 is 9.64 Å². The smallest absolute Gasteiger partial charge is 0.259 e. The Balaban J connectivity index is 1.67. The Hall–Kier alpha value is -2.70. The standard InChI is InChI=1S/C16H19N5O2/c1-2-23-15-13(4-3-5-19-15)16(22)21-10-8-20(9-11-21)14-12-17-6-7-18-14/h3-7,12H,2,8-11H2,1H3. The molecule has 120 valence electrons. The fourth-order valence-electron chi connectivity index (χ4n) is 2.57. The second kappa shape index (κ2) is 7.04. The van der Waals surface area contributed by atoms with Gasteiger partial charge in [-0.2, -0.15) is 0 Å². The Kier molecular flexibility index (Phi) is 4.65. The largest absolute Gasteiger partial charge is 0.477 e. The molecular weight excluding hydrogens is 294 g/mol. The lowest BCUT2D eigenvalue weighted by Gasteiger charge is -2.35. The molecule has 2 aromatic rings. The first-order valence-corrected chi connectivity index (χ1v) is 7.67. The van der Waals surface area contributed by atoms with Crippen LogP contribution in [0.2, 0.25) is 0 Å². The highest BCUT2D eigenvalue weighted by Gasteiger charge is 2.25. The van der Waals surface area contributed by atoms with Gasteiger partial charge in [-0.1, -0.05) is 0 Å². The fraction of sp³-hybridized carbons (Fsp3) is 0.375. The number of carbonyl (C=O) groups excluding carboxylic acids is 1. The van der Waals surface area contributed by atoms with E-state index in [9.17, 15) is 4.79 Å². The Labute approximate surface area is 134 Å². The number of piperazine rings is 1. The molecule has 1 saturated heterocycles. The van der Waals surface area contributed by atoms with Gasteiger partial charge in [0.1, 0.15) is 11.4 Å². The van der Waals surface area contributed by atoms with Gasteiger partial charge in [0.15, 0.2) is 0 Å². The van der Waals surface area contributed by atoms with Crippen molar-refractivity contribution >= 4 is 11.7 Å². The molecule has 3 heterocycles. The van der Waals surface area contributed by atoms with Crippen LogP contribution in [-0.4, -0.2) is 58.5 Å². The minimum atomic E-state index is -0.0413. The number of nitrogens with zero attached hydrogens (tertiary/aromatic N) is 5. The van der Waals surface area contributed by atoms with E-state index >= 15 is 0 Å². The number of anilines is 1. The molecule has 1 aliphatic rings. The van der Waals surface area contributed by atoms with Gasteiger partial charge in [-0.15, -0.1) is 0 Å². The Morgan fingerprint density at radius 3 is 2.70 bits per heavy atom. The monoisotopic (exact) mass is 313 g/mol. The molecule has 0 unspecified atom stereocenters. The van der Waals surface area contributed by atoms with Crippen LogP contribution in [0.25, 0.3) is 0 Å². The molecular formula is C16H19N5O2. The highest BCUT2D eigenvalue weighted by Crippen LogP contribution is 2.19. The minimum Gasteiger partial charge on any atom is -0.477 e. The molecule has 7 heteroatoms. The van der Waals surface area contributed by atoms with Crippen LogP contribution in [0, 0.1) is 0 Å². The maximum atomic E-state index is 12.7. The molecule has 1 amide bonds. The summed E-state index contributed by atoms with van der Waals surface area (Å²) in [5.74, 6) is 1.20. The second-order valence-corrected chi connectivity index (χ2v) is 5.13. The van der Waals surface area contributed by atoms with E-state index in [4.69, 9.17) is 4.74 Å². The Morgan fingerprint density at radius 1 is 1.17 bits per heavy atom. The van der Waals surface area contributed by atoms with E-state index < -0.39 is 0 Å². The number of carbonyl (C=O) groups is 1. The van der Waals surface area contributed by atoms with E-state index in [2.05, 4.69) is 19.9 Å². The van der Waals surface area contributed by atoms with Gasteiger partial charge in [0, 0.05) is 44.8 Å². The summed E-state index contributed by atoms with van der Waals surface area (Å²) in [6, 6.07) is 3.51. The van der Waals surface area contributed by atoms with E-state index in [-0.39, 0.29) is 5.91 Å². The van der Waals surface area contributed by atoms with Crippen LogP contribution in [0.3, 0.4) is 0 Å². The lowest BCUT2D eigenvalue weighted by molar-refractivity contribution is 0.0741. The molecule has 1 fully saturated rings. The lowest BCUT2D eigenvalue weighted by Crippen LogP contribution is -2.49. The molecule has 23 heavy (non-hydrogen) atoms. The van der Waals surface area contributed by atoms with Gasteiger partial charge in [0.25, 0.3) is 5.91 Å². The molecule has 0 spiro atoms. The predicted octanol–water partition coefficient (Wildman–Crippen LogP) is 1.23. The van der Waals surface area contributed by atoms with Gasteiger partial charge in [-0.05, 0) is 19.1 Å². The molecule has 0 atom stereocenters. The van der Waals surface area contributed by atoms with Gasteiger partial charge < -0.3 is 14.5 Å². The quantitative estimate of drug-likeness (QED) is 0.845. The first kappa shape index (κ1) is 15.2. The first-order chi connectivity index (χ1) is 11.3. The first-order valence-electron chi connectivity index (χ1n) is 7.67. The molecule has 0 radical (unpaired) electrons. The summed E-state index contributed by atoms with van der Waals surface area (Å²) < 4.78 is 5.45. The molecule has 1 aliphatic heterocycles. The number of amides is 1. The molecule has 7 nitrogen and oxygen atoms in total. The molecule has 2 aromatic heterocycles. The highest BCUT2D eigenvalue weighted by molar-refractivity contribution is 5.96. The van der Waals surface area contributed by atoms with Crippen molar-refractivity contribution in [3.63, 3.8) is 0 Å². The van der Waals surface area contributed by atoms with Crippen LogP contribution in [-0.2, 0) is 0 Å². The van der Waals surface area contributed by atoms with Crippen molar-refractivity contribution in [2.45, 2.75) is 6.92 Å². The van der Waals surface area contributed by atoms with Crippen LogP contribution in [0.15, 0.2) is 36.9 Å². The van der Waals surface area contributed by atoms with E-state index in [1.54, 1.807) is 36.9 Å². The second-order valence-electron chi connectivity index (χ2n) is 5.13. The lowest BCUT2D eigenvalue weighted by atomic mass is 10.2. The number of rotatable bonds is 4. The number of aromatic nitrogens is 3. The van der Waals surface area contributed by atoms with Crippen molar-refractivity contribution in [3.05, 3.63) is 42.5 Å². The molecule has 3 rings (SSSR count). The summed E-state index contributed by atoms with van der Waals surface area (Å²) in [6.45, 7) is 5.09.